The van der Waals surface area contributed by atoms with Crippen LogP contribution in [0.1, 0.15) is 20.8 Å². The lowest BCUT2D eigenvalue weighted by Crippen LogP contribution is -2.46. The topological polar surface area (TPSA) is 75.3 Å². The van der Waals surface area contributed by atoms with E-state index < -0.39 is 14.6 Å². The molecule has 2 unspecified atom stereocenters. The van der Waals surface area contributed by atoms with Gasteiger partial charge in [0.1, 0.15) is 0 Å². The average Bonchev–Trinajstić information content (AvgIpc) is 2.59. The molecule has 2 N–H and O–H groups in total. The van der Waals surface area contributed by atoms with E-state index in [2.05, 4.69) is 10.6 Å². The van der Waals surface area contributed by atoms with Crippen LogP contribution in [0.15, 0.2) is 0 Å². The van der Waals surface area contributed by atoms with Gasteiger partial charge in [-0.1, -0.05) is 6.92 Å². The van der Waals surface area contributed by atoms with E-state index >= 15 is 0 Å². The van der Waals surface area contributed by atoms with Crippen molar-refractivity contribution < 1.29 is 13.2 Å². The molecule has 1 saturated heterocycles. The number of hydrogen-bond acceptors (Lipinski definition) is 4. The Hall–Kier alpha value is -0.620. The number of amides is 1. The molecule has 2 atom stereocenters. The molecular formula is C11H22N2O3S. The molecule has 0 aromatic carbocycles. The summed E-state index contributed by atoms with van der Waals surface area (Å²) in [6, 6.07) is 0. The van der Waals surface area contributed by atoms with Crippen molar-refractivity contribution in [2.45, 2.75) is 25.5 Å². The first-order chi connectivity index (χ1) is 7.65. The molecule has 1 aliphatic heterocycles. The predicted molar refractivity (Wildman–Crippen MR) is 67.5 cm³/mol. The summed E-state index contributed by atoms with van der Waals surface area (Å²) in [4.78, 5) is 11.9. The van der Waals surface area contributed by atoms with Gasteiger partial charge in [-0.3, -0.25) is 4.79 Å². The number of sulfone groups is 1. The van der Waals surface area contributed by atoms with Crippen LogP contribution in [-0.4, -0.2) is 45.0 Å². The highest BCUT2D eigenvalue weighted by Gasteiger charge is 2.34. The lowest BCUT2D eigenvalue weighted by atomic mass is 9.97. The summed E-state index contributed by atoms with van der Waals surface area (Å²) in [5.41, 5.74) is 0. The van der Waals surface area contributed by atoms with Gasteiger partial charge >= 0.3 is 0 Å². The monoisotopic (exact) mass is 262 g/mol. The summed E-state index contributed by atoms with van der Waals surface area (Å²) in [5, 5.41) is 5.90. The molecule has 0 aromatic rings. The van der Waals surface area contributed by atoms with Crippen molar-refractivity contribution in [1.82, 2.24) is 10.6 Å². The Morgan fingerprint density at radius 1 is 1.41 bits per heavy atom. The van der Waals surface area contributed by atoms with Gasteiger partial charge in [-0.05, 0) is 26.3 Å². The van der Waals surface area contributed by atoms with E-state index in [-0.39, 0.29) is 18.4 Å². The average molecular weight is 262 g/mol. The summed E-state index contributed by atoms with van der Waals surface area (Å²) in [5.74, 6) is 0.195. The fourth-order valence-corrected chi connectivity index (χ4v) is 2.06. The van der Waals surface area contributed by atoms with Crippen LogP contribution < -0.4 is 10.6 Å². The summed E-state index contributed by atoms with van der Waals surface area (Å²) >= 11 is 0. The first kappa shape index (κ1) is 14.4. The lowest BCUT2D eigenvalue weighted by Gasteiger charge is -2.24. The molecule has 0 spiro atoms. The largest absolute Gasteiger partial charge is 0.354 e. The van der Waals surface area contributed by atoms with Crippen molar-refractivity contribution >= 4 is 15.7 Å². The van der Waals surface area contributed by atoms with Gasteiger partial charge in [-0.15, -0.1) is 0 Å². The molecule has 0 saturated carbocycles. The second-order valence-corrected chi connectivity index (χ2v) is 8.14. The minimum atomic E-state index is -3.17. The molecule has 1 fully saturated rings. The number of carbonyl (C=O) groups is 1. The molecule has 0 bridgehead atoms. The highest BCUT2D eigenvalue weighted by Crippen LogP contribution is 2.17. The van der Waals surface area contributed by atoms with E-state index in [9.17, 15) is 13.2 Å². The second-order valence-electron chi connectivity index (χ2n) is 5.49. The normalized spacial score (nSPS) is 25.9. The van der Waals surface area contributed by atoms with Crippen molar-refractivity contribution in [1.29, 1.82) is 0 Å². The van der Waals surface area contributed by atoms with Gasteiger partial charge in [0.25, 0.3) is 0 Å². The standard InChI is InChI=1S/C11H22N2O3S/c1-8-5-12-6-9(8)10(14)13-7-11(2,3)17(4,15)16/h8-9,12H,5-7H2,1-4H3,(H,13,14). The molecule has 17 heavy (non-hydrogen) atoms. The number of rotatable bonds is 4. The van der Waals surface area contributed by atoms with E-state index in [1.54, 1.807) is 13.8 Å². The van der Waals surface area contributed by atoms with Gasteiger partial charge in [0.2, 0.25) is 5.91 Å². The zero-order chi connectivity index (χ0) is 13.3. The van der Waals surface area contributed by atoms with Crippen molar-refractivity contribution in [3.63, 3.8) is 0 Å². The summed E-state index contributed by atoms with van der Waals surface area (Å²) in [6.07, 6.45) is 1.19. The smallest absolute Gasteiger partial charge is 0.224 e. The van der Waals surface area contributed by atoms with E-state index in [0.717, 1.165) is 6.54 Å². The maximum absolute atomic E-state index is 11.9. The Morgan fingerprint density at radius 2 is 2.00 bits per heavy atom. The molecule has 0 aliphatic carbocycles. The van der Waals surface area contributed by atoms with Crippen LogP contribution in [0.5, 0.6) is 0 Å². The van der Waals surface area contributed by atoms with E-state index in [1.807, 2.05) is 6.92 Å². The SMILES string of the molecule is CC1CNCC1C(=O)NCC(C)(C)S(C)(=O)=O. The molecule has 1 heterocycles. The molecule has 1 amide bonds. The highest BCUT2D eigenvalue weighted by molar-refractivity contribution is 7.92. The number of hydrogen-bond donors (Lipinski definition) is 2. The number of carbonyl (C=O) groups excluding carboxylic acids is 1. The van der Waals surface area contributed by atoms with Crippen LogP contribution in [0.25, 0.3) is 0 Å². The maximum atomic E-state index is 11.9. The van der Waals surface area contributed by atoms with Gasteiger partial charge in [0, 0.05) is 19.3 Å². The molecule has 1 aliphatic rings. The molecule has 6 heteroatoms. The van der Waals surface area contributed by atoms with Crippen molar-refractivity contribution in [2.24, 2.45) is 11.8 Å². The molecule has 100 valence electrons. The first-order valence-corrected chi connectivity index (χ1v) is 7.72. The van der Waals surface area contributed by atoms with Gasteiger partial charge < -0.3 is 10.6 Å². The fourth-order valence-electron chi connectivity index (χ4n) is 1.72. The summed E-state index contributed by atoms with van der Waals surface area (Å²) < 4.78 is 22.1. The predicted octanol–water partition coefficient (Wildman–Crippen LogP) is -0.219. The van der Waals surface area contributed by atoms with E-state index in [1.165, 1.54) is 6.26 Å². The lowest BCUT2D eigenvalue weighted by molar-refractivity contribution is -0.125. The zero-order valence-electron chi connectivity index (χ0n) is 10.9. The van der Waals surface area contributed by atoms with Crippen LogP contribution >= 0.6 is 0 Å². The van der Waals surface area contributed by atoms with Gasteiger partial charge in [-0.25, -0.2) is 8.42 Å². The van der Waals surface area contributed by atoms with E-state index in [4.69, 9.17) is 0 Å². The third kappa shape index (κ3) is 3.42. The Bertz CT molecular complexity index is 390. The van der Waals surface area contributed by atoms with Crippen molar-refractivity contribution in [2.75, 3.05) is 25.9 Å². The van der Waals surface area contributed by atoms with Crippen molar-refractivity contribution in [3.05, 3.63) is 0 Å². The molecule has 5 nitrogen and oxygen atoms in total. The summed E-state index contributed by atoms with van der Waals surface area (Å²) in [7, 11) is -3.17. The minimum absolute atomic E-state index is 0.0506. The zero-order valence-corrected chi connectivity index (χ0v) is 11.7. The van der Waals surface area contributed by atoms with E-state index in [0.29, 0.717) is 12.5 Å². The minimum Gasteiger partial charge on any atom is -0.354 e. The molecule has 0 radical (unpaired) electrons. The molecule has 0 aromatic heterocycles. The molecule has 1 rings (SSSR count). The Balaban J connectivity index is 2.54. The van der Waals surface area contributed by atoms with Crippen LogP contribution in [0, 0.1) is 11.8 Å². The van der Waals surface area contributed by atoms with Crippen LogP contribution in [-0.2, 0) is 14.6 Å². The first-order valence-electron chi connectivity index (χ1n) is 5.83. The Labute approximate surface area is 103 Å². The van der Waals surface area contributed by atoms with Gasteiger partial charge in [-0.2, -0.15) is 0 Å². The van der Waals surface area contributed by atoms with Crippen LogP contribution in [0.2, 0.25) is 0 Å². The third-order valence-corrected chi connectivity index (χ3v) is 5.70. The second kappa shape index (κ2) is 4.94. The molecular weight excluding hydrogens is 240 g/mol. The van der Waals surface area contributed by atoms with Crippen molar-refractivity contribution in [3.8, 4) is 0 Å². The Kier molecular flexibility index (Phi) is 4.19. The third-order valence-electron chi connectivity index (χ3n) is 3.55. The fraction of sp³-hybridized carbons (Fsp3) is 0.909. The highest BCUT2D eigenvalue weighted by atomic mass is 32.2. The van der Waals surface area contributed by atoms with Crippen LogP contribution in [0.3, 0.4) is 0 Å². The van der Waals surface area contributed by atoms with Gasteiger partial charge in [0.15, 0.2) is 9.84 Å². The number of nitrogens with one attached hydrogen (secondary N) is 2. The quantitative estimate of drug-likeness (QED) is 0.734. The van der Waals surface area contributed by atoms with Crippen LogP contribution in [0.4, 0.5) is 0 Å². The summed E-state index contributed by atoms with van der Waals surface area (Å²) in [6.45, 7) is 6.94. The van der Waals surface area contributed by atoms with Gasteiger partial charge in [0.05, 0.1) is 10.7 Å². The Morgan fingerprint density at radius 3 is 2.41 bits per heavy atom. The maximum Gasteiger partial charge on any atom is 0.224 e.